The number of H-pyrrole nitrogens is 1. The summed E-state index contributed by atoms with van der Waals surface area (Å²) in [4.78, 5) is 20.9. The second-order valence-corrected chi connectivity index (χ2v) is 10.9. The van der Waals surface area contributed by atoms with Crippen molar-refractivity contribution in [3.8, 4) is 0 Å². The zero-order valence-corrected chi connectivity index (χ0v) is 19.9. The van der Waals surface area contributed by atoms with Gasteiger partial charge in [-0.25, -0.2) is 9.97 Å². The van der Waals surface area contributed by atoms with Gasteiger partial charge in [0.2, 0.25) is 5.82 Å². The van der Waals surface area contributed by atoms with Gasteiger partial charge >= 0.3 is 6.18 Å². The van der Waals surface area contributed by atoms with E-state index in [0.717, 1.165) is 72.6 Å². The van der Waals surface area contributed by atoms with E-state index >= 15 is 0 Å². The molecule has 2 aliphatic heterocycles. The molecule has 0 amide bonds. The number of anilines is 1. The standard InChI is InChI=1S/C25H23F3N6S/c1-15-16(3-4-20-18(15)8-21(29-2)32-20)10-33-11-24(12-33)5-6-34(13-24)22-19-7-17(9-25(26,27)28)35-23(19)31-14-30-22/h3-4,7-8,14,32H,5-6,9-13H2,1H3. The zero-order valence-electron chi connectivity index (χ0n) is 19.1. The first kappa shape index (κ1) is 22.3. The van der Waals surface area contributed by atoms with Crippen molar-refractivity contribution < 1.29 is 13.2 Å². The predicted molar refractivity (Wildman–Crippen MR) is 131 cm³/mol. The molecule has 5 heterocycles. The first-order chi connectivity index (χ1) is 16.7. The highest BCUT2D eigenvalue weighted by Gasteiger charge is 2.48. The maximum absolute atomic E-state index is 12.9. The number of benzene rings is 1. The number of fused-ring (bicyclic) bond motifs is 2. The topological polar surface area (TPSA) is 52.4 Å². The molecule has 0 saturated carbocycles. The number of nitrogens with one attached hydrogen (secondary N) is 1. The van der Waals surface area contributed by atoms with Crippen LogP contribution in [0.25, 0.3) is 26.0 Å². The number of aromatic nitrogens is 3. The van der Waals surface area contributed by atoms with E-state index in [1.807, 2.05) is 12.1 Å². The van der Waals surface area contributed by atoms with Crippen LogP contribution in [0.4, 0.5) is 24.8 Å². The van der Waals surface area contributed by atoms with Crippen molar-refractivity contribution in [2.45, 2.75) is 32.5 Å². The second-order valence-electron chi connectivity index (χ2n) is 9.81. The van der Waals surface area contributed by atoms with E-state index < -0.39 is 12.6 Å². The fraction of sp³-hybridized carbons (Fsp3) is 0.400. The van der Waals surface area contributed by atoms with Gasteiger partial charge in [-0.1, -0.05) is 12.6 Å². The number of hydrogen-bond donors (Lipinski definition) is 1. The first-order valence-electron chi connectivity index (χ1n) is 11.5. The lowest BCUT2D eigenvalue weighted by Gasteiger charge is -2.48. The fourth-order valence-corrected chi connectivity index (χ4v) is 6.69. The summed E-state index contributed by atoms with van der Waals surface area (Å²) in [6.45, 7) is 13.9. The number of likely N-dealkylation sites (tertiary alicyclic amines) is 1. The van der Waals surface area contributed by atoms with Gasteiger partial charge < -0.3 is 14.7 Å². The van der Waals surface area contributed by atoms with Crippen LogP contribution in [-0.4, -0.2) is 52.2 Å². The van der Waals surface area contributed by atoms with E-state index in [9.17, 15) is 13.2 Å². The Morgan fingerprint density at radius 3 is 2.77 bits per heavy atom. The number of nitrogens with zero attached hydrogens (tertiary/aromatic N) is 5. The van der Waals surface area contributed by atoms with Crippen molar-refractivity contribution in [2.75, 3.05) is 31.1 Å². The average molecular weight is 497 g/mol. The Kier molecular flexibility index (Phi) is 5.06. The van der Waals surface area contributed by atoms with Gasteiger partial charge in [0.1, 0.15) is 22.5 Å². The van der Waals surface area contributed by atoms with Crippen LogP contribution in [0.5, 0.6) is 0 Å². The summed E-state index contributed by atoms with van der Waals surface area (Å²) in [7, 11) is 0. The summed E-state index contributed by atoms with van der Waals surface area (Å²) in [5, 5.41) is 1.82. The third-order valence-electron chi connectivity index (χ3n) is 7.28. The van der Waals surface area contributed by atoms with Crippen LogP contribution in [0.2, 0.25) is 0 Å². The highest BCUT2D eigenvalue weighted by molar-refractivity contribution is 7.18. The number of rotatable bonds is 4. The van der Waals surface area contributed by atoms with E-state index in [1.165, 1.54) is 17.5 Å². The van der Waals surface area contributed by atoms with Crippen LogP contribution in [0.1, 0.15) is 22.4 Å². The third kappa shape index (κ3) is 4.02. The summed E-state index contributed by atoms with van der Waals surface area (Å²) >= 11 is 1.10. The number of alkyl halides is 3. The Bertz CT molecular complexity index is 1470. The van der Waals surface area contributed by atoms with Gasteiger partial charge in [0.25, 0.3) is 0 Å². The van der Waals surface area contributed by atoms with Gasteiger partial charge in [-0.2, -0.15) is 13.2 Å². The highest BCUT2D eigenvalue weighted by Crippen LogP contribution is 2.43. The monoisotopic (exact) mass is 496 g/mol. The molecule has 0 atom stereocenters. The van der Waals surface area contributed by atoms with Crippen molar-refractivity contribution in [1.82, 2.24) is 19.9 Å². The molecule has 2 saturated heterocycles. The Labute approximate surface area is 204 Å². The van der Waals surface area contributed by atoms with Crippen LogP contribution in [0, 0.1) is 18.9 Å². The second kappa shape index (κ2) is 7.93. The summed E-state index contributed by atoms with van der Waals surface area (Å²) < 4.78 is 38.6. The molecule has 6 rings (SSSR count). The van der Waals surface area contributed by atoms with Gasteiger partial charge in [-0.05, 0) is 42.7 Å². The molecule has 0 aliphatic carbocycles. The summed E-state index contributed by atoms with van der Waals surface area (Å²) in [6, 6.07) is 7.72. The molecule has 6 nitrogen and oxygen atoms in total. The number of thiophene rings is 1. The van der Waals surface area contributed by atoms with Crippen molar-refractivity contribution >= 4 is 44.1 Å². The minimum Gasteiger partial charge on any atom is -0.364 e. The Balaban J connectivity index is 1.15. The summed E-state index contributed by atoms with van der Waals surface area (Å²) in [6.07, 6.45) is -2.66. The third-order valence-corrected chi connectivity index (χ3v) is 8.32. The molecular formula is C25H23F3N6S. The van der Waals surface area contributed by atoms with Crippen molar-refractivity contribution in [1.29, 1.82) is 0 Å². The van der Waals surface area contributed by atoms with Gasteiger partial charge in [0.05, 0.1) is 11.8 Å². The van der Waals surface area contributed by atoms with E-state index in [4.69, 9.17) is 6.57 Å². The predicted octanol–water partition coefficient (Wildman–Crippen LogP) is 5.85. The van der Waals surface area contributed by atoms with E-state index in [-0.39, 0.29) is 10.3 Å². The SMILES string of the molecule is [C-]#[N+]c1cc2c(C)c(CN3CC4(CCN(c5ncnc6sc(CC(F)(F)F)cc56)C4)C3)ccc2[nH]1. The lowest BCUT2D eigenvalue weighted by molar-refractivity contribution is -0.126. The largest absolute Gasteiger partial charge is 0.393 e. The average Bonchev–Trinajstić information content (AvgIpc) is 3.50. The van der Waals surface area contributed by atoms with E-state index in [2.05, 4.69) is 42.6 Å². The van der Waals surface area contributed by atoms with Gasteiger partial charge in [-0.3, -0.25) is 4.90 Å². The van der Waals surface area contributed by atoms with Crippen LogP contribution in [-0.2, 0) is 13.0 Å². The summed E-state index contributed by atoms with van der Waals surface area (Å²) in [5.41, 5.74) is 3.65. The lowest BCUT2D eigenvalue weighted by Crippen LogP contribution is -2.56. The van der Waals surface area contributed by atoms with Crippen LogP contribution in [0.3, 0.4) is 0 Å². The minimum absolute atomic E-state index is 0.186. The molecule has 2 aliphatic rings. The molecule has 1 N–H and O–H groups in total. The quantitative estimate of drug-likeness (QED) is 0.360. The number of hydrogen-bond acceptors (Lipinski definition) is 5. The minimum atomic E-state index is -4.23. The number of aryl methyl sites for hydroxylation is 1. The zero-order chi connectivity index (χ0) is 24.4. The molecule has 0 bridgehead atoms. The molecule has 2 fully saturated rings. The molecule has 1 spiro atoms. The molecule has 35 heavy (non-hydrogen) atoms. The molecule has 180 valence electrons. The number of halogens is 3. The van der Waals surface area contributed by atoms with Crippen LogP contribution in [0.15, 0.2) is 30.6 Å². The summed E-state index contributed by atoms with van der Waals surface area (Å²) in [5.74, 6) is 1.31. The van der Waals surface area contributed by atoms with Crippen molar-refractivity contribution in [3.05, 3.63) is 58.0 Å². The van der Waals surface area contributed by atoms with Crippen molar-refractivity contribution in [2.24, 2.45) is 5.41 Å². The molecule has 1 aromatic carbocycles. The molecular weight excluding hydrogens is 473 g/mol. The molecule has 10 heteroatoms. The molecule has 3 aromatic heterocycles. The first-order valence-corrected chi connectivity index (χ1v) is 12.3. The van der Waals surface area contributed by atoms with Gasteiger partial charge in [0.15, 0.2) is 0 Å². The fourth-order valence-electron chi connectivity index (χ4n) is 5.67. The maximum atomic E-state index is 12.9. The Hall–Kier alpha value is -3.16. The Morgan fingerprint density at radius 2 is 2.00 bits per heavy atom. The van der Waals surface area contributed by atoms with E-state index in [0.29, 0.717) is 10.6 Å². The van der Waals surface area contributed by atoms with Crippen LogP contribution < -0.4 is 4.90 Å². The van der Waals surface area contributed by atoms with Crippen LogP contribution >= 0.6 is 11.3 Å². The Morgan fingerprint density at radius 1 is 1.17 bits per heavy atom. The van der Waals surface area contributed by atoms with Gasteiger partial charge in [0, 0.05) is 48.4 Å². The normalized spacial score (nSPS) is 18.0. The molecule has 0 radical (unpaired) electrons. The smallest absolute Gasteiger partial charge is 0.364 e. The molecule has 4 aromatic rings. The lowest BCUT2D eigenvalue weighted by atomic mass is 9.78. The maximum Gasteiger partial charge on any atom is 0.393 e. The van der Waals surface area contributed by atoms with Crippen molar-refractivity contribution in [3.63, 3.8) is 0 Å². The van der Waals surface area contributed by atoms with E-state index in [1.54, 1.807) is 6.07 Å². The van der Waals surface area contributed by atoms with Gasteiger partial charge in [-0.15, -0.1) is 11.3 Å². The highest BCUT2D eigenvalue weighted by atomic mass is 32.1. The molecule has 0 unspecified atom stereocenters. The number of aromatic amines is 1.